The first kappa shape index (κ1) is 12.4. The van der Waals surface area contributed by atoms with Gasteiger partial charge in [0.05, 0.1) is 16.8 Å². The van der Waals surface area contributed by atoms with Gasteiger partial charge in [-0.1, -0.05) is 6.07 Å². The van der Waals surface area contributed by atoms with Gasteiger partial charge in [-0.25, -0.2) is 0 Å². The topological polar surface area (TPSA) is 59.8 Å². The number of pyridine rings is 1. The Labute approximate surface area is 101 Å². The highest BCUT2D eigenvalue weighted by atomic mass is 16.6. The van der Waals surface area contributed by atoms with Crippen molar-refractivity contribution in [2.24, 2.45) is 0 Å². The highest BCUT2D eigenvalue weighted by molar-refractivity contribution is 5.15. The van der Waals surface area contributed by atoms with E-state index in [1.54, 1.807) is 18.3 Å². The Morgan fingerprint density at radius 3 is 2.00 bits per heavy atom. The average Bonchev–Trinajstić information content (AvgIpc) is 2.40. The quantitative estimate of drug-likeness (QED) is 0.782. The first-order valence-corrected chi connectivity index (χ1v) is 5.67. The van der Waals surface area contributed by atoms with Crippen LogP contribution in [0.2, 0.25) is 0 Å². The van der Waals surface area contributed by atoms with Crippen LogP contribution in [-0.2, 0) is 0 Å². The molecule has 1 aromatic rings. The first-order chi connectivity index (χ1) is 7.80. The predicted molar refractivity (Wildman–Crippen MR) is 62.4 cm³/mol. The highest BCUT2D eigenvalue weighted by Gasteiger charge is 2.58. The van der Waals surface area contributed by atoms with E-state index in [4.69, 9.17) is 0 Å². The van der Waals surface area contributed by atoms with E-state index in [0.717, 1.165) is 10.1 Å². The van der Waals surface area contributed by atoms with Gasteiger partial charge in [0.1, 0.15) is 0 Å². The van der Waals surface area contributed by atoms with Crippen LogP contribution in [0.4, 0.5) is 0 Å². The fraction of sp³-hybridized carbons (Fsp3) is 0.583. The fourth-order valence-electron chi connectivity index (χ4n) is 2.05. The molecule has 1 fully saturated rings. The second kappa shape index (κ2) is 3.74. The summed E-state index contributed by atoms with van der Waals surface area (Å²) in [5, 5.41) is 22.9. The second-order valence-corrected chi connectivity index (χ2v) is 5.44. The lowest BCUT2D eigenvalue weighted by molar-refractivity contribution is -0.224. The van der Waals surface area contributed by atoms with Crippen molar-refractivity contribution in [3.63, 3.8) is 0 Å². The smallest absolute Gasteiger partial charge is 0.153 e. The van der Waals surface area contributed by atoms with Crippen molar-refractivity contribution in [1.82, 2.24) is 15.1 Å². The van der Waals surface area contributed by atoms with Crippen molar-refractivity contribution in [1.29, 1.82) is 0 Å². The van der Waals surface area contributed by atoms with Crippen LogP contribution in [0, 0.1) is 0 Å². The molecule has 0 bridgehead atoms. The first-order valence-electron chi connectivity index (χ1n) is 5.67. The lowest BCUT2D eigenvalue weighted by Crippen LogP contribution is -2.52. The molecule has 1 saturated heterocycles. The lowest BCUT2D eigenvalue weighted by atomic mass is 9.84. The van der Waals surface area contributed by atoms with Crippen LogP contribution >= 0.6 is 0 Å². The van der Waals surface area contributed by atoms with E-state index in [2.05, 4.69) is 4.98 Å². The van der Waals surface area contributed by atoms with E-state index >= 15 is 0 Å². The summed E-state index contributed by atoms with van der Waals surface area (Å²) in [5.41, 5.74) is -0.537. The Balaban J connectivity index is 2.45. The van der Waals surface area contributed by atoms with Crippen LogP contribution in [0.5, 0.6) is 0 Å². The summed E-state index contributed by atoms with van der Waals surface area (Å²) in [6.07, 6.45) is 1.01. The Hall–Kier alpha value is -1.01. The number of nitrogens with zero attached hydrogens (tertiary/aromatic N) is 3. The highest BCUT2D eigenvalue weighted by Crippen LogP contribution is 2.46. The predicted octanol–water partition coefficient (Wildman–Crippen LogP) is 2.03. The largest absolute Gasteiger partial charge is 0.311 e. The Kier molecular flexibility index (Phi) is 2.74. The third-order valence-corrected chi connectivity index (χ3v) is 4.06. The molecular weight excluding hydrogens is 218 g/mol. The third kappa shape index (κ3) is 1.58. The van der Waals surface area contributed by atoms with Crippen molar-refractivity contribution in [2.45, 2.75) is 44.9 Å². The van der Waals surface area contributed by atoms with Crippen LogP contribution < -0.4 is 0 Å². The molecular formula is C12H19N3O2. The maximum Gasteiger partial charge on any atom is 0.153 e. The maximum atomic E-state index is 10.3. The molecule has 2 rings (SSSR count). The SMILES string of the molecule is CC1(C)N(O)C(c2ccccn2)N(O)C1(C)C. The second-order valence-electron chi connectivity index (χ2n) is 5.44. The van der Waals surface area contributed by atoms with E-state index in [1.807, 2.05) is 33.8 Å². The summed E-state index contributed by atoms with van der Waals surface area (Å²) in [7, 11) is 0. The van der Waals surface area contributed by atoms with E-state index in [1.165, 1.54) is 0 Å². The molecule has 0 aliphatic carbocycles. The third-order valence-electron chi connectivity index (χ3n) is 4.06. The van der Waals surface area contributed by atoms with Crippen molar-refractivity contribution >= 4 is 0 Å². The zero-order valence-electron chi connectivity index (χ0n) is 10.6. The Morgan fingerprint density at radius 1 is 1.06 bits per heavy atom. The molecule has 94 valence electrons. The molecule has 1 aromatic heterocycles. The zero-order valence-corrected chi connectivity index (χ0v) is 10.6. The molecule has 0 aromatic carbocycles. The van der Waals surface area contributed by atoms with Gasteiger partial charge < -0.3 is 10.4 Å². The van der Waals surface area contributed by atoms with E-state index < -0.39 is 17.2 Å². The molecule has 5 nitrogen and oxygen atoms in total. The standard InChI is InChI=1S/C12H19N3O2/c1-11(2)12(3,4)15(17)10(14(11)16)9-7-5-6-8-13-9/h5-8,10,16-17H,1-4H3. The lowest BCUT2D eigenvalue weighted by Gasteiger charge is -2.37. The number of aromatic nitrogens is 1. The number of hydrogen-bond acceptors (Lipinski definition) is 5. The maximum absolute atomic E-state index is 10.3. The summed E-state index contributed by atoms with van der Waals surface area (Å²) < 4.78 is 0. The molecule has 0 amide bonds. The molecule has 0 spiro atoms. The van der Waals surface area contributed by atoms with Crippen LogP contribution in [0.1, 0.15) is 39.6 Å². The van der Waals surface area contributed by atoms with Crippen LogP contribution in [0.25, 0.3) is 0 Å². The van der Waals surface area contributed by atoms with Gasteiger partial charge in [-0.15, -0.1) is 0 Å². The molecule has 2 N–H and O–H groups in total. The van der Waals surface area contributed by atoms with Gasteiger partial charge in [-0.3, -0.25) is 4.98 Å². The van der Waals surface area contributed by atoms with Gasteiger partial charge in [0.25, 0.3) is 0 Å². The fourth-order valence-corrected chi connectivity index (χ4v) is 2.05. The minimum Gasteiger partial charge on any atom is -0.311 e. The summed E-state index contributed by atoms with van der Waals surface area (Å²) in [5.74, 6) is 0. The van der Waals surface area contributed by atoms with E-state index in [9.17, 15) is 10.4 Å². The van der Waals surface area contributed by atoms with Crippen molar-refractivity contribution < 1.29 is 10.4 Å². The number of hydrogen-bond donors (Lipinski definition) is 2. The van der Waals surface area contributed by atoms with Gasteiger partial charge in [0, 0.05) is 6.20 Å². The van der Waals surface area contributed by atoms with E-state index in [0.29, 0.717) is 5.69 Å². The van der Waals surface area contributed by atoms with Gasteiger partial charge in [-0.2, -0.15) is 10.1 Å². The van der Waals surface area contributed by atoms with Gasteiger partial charge >= 0.3 is 0 Å². The normalized spacial score (nSPS) is 25.3. The molecule has 0 radical (unpaired) electrons. The summed E-state index contributed by atoms with van der Waals surface area (Å²) >= 11 is 0. The minimum absolute atomic E-state index is 0.579. The summed E-state index contributed by atoms with van der Waals surface area (Å²) in [6, 6.07) is 5.43. The van der Waals surface area contributed by atoms with Gasteiger partial charge in [0.2, 0.25) is 0 Å². The van der Waals surface area contributed by atoms with Crippen molar-refractivity contribution in [3.05, 3.63) is 30.1 Å². The molecule has 5 heteroatoms. The molecule has 1 aliphatic heterocycles. The van der Waals surface area contributed by atoms with Crippen LogP contribution in [-0.4, -0.2) is 36.6 Å². The zero-order chi connectivity index (χ0) is 12.8. The number of hydroxylamine groups is 4. The van der Waals surface area contributed by atoms with Crippen molar-refractivity contribution in [2.75, 3.05) is 0 Å². The number of rotatable bonds is 1. The van der Waals surface area contributed by atoms with Crippen LogP contribution in [0.15, 0.2) is 24.4 Å². The van der Waals surface area contributed by atoms with E-state index in [-0.39, 0.29) is 0 Å². The molecule has 2 heterocycles. The van der Waals surface area contributed by atoms with Crippen LogP contribution in [0.3, 0.4) is 0 Å². The molecule has 0 unspecified atom stereocenters. The monoisotopic (exact) mass is 237 g/mol. The molecule has 17 heavy (non-hydrogen) atoms. The Morgan fingerprint density at radius 2 is 1.59 bits per heavy atom. The molecule has 1 aliphatic rings. The Bertz CT molecular complexity index is 385. The average molecular weight is 237 g/mol. The van der Waals surface area contributed by atoms with Gasteiger partial charge in [-0.05, 0) is 39.8 Å². The molecule has 0 saturated carbocycles. The van der Waals surface area contributed by atoms with Crippen molar-refractivity contribution in [3.8, 4) is 0 Å². The minimum atomic E-state index is -0.638. The summed E-state index contributed by atoms with van der Waals surface area (Å²) in [4.78, 5) is 4.19. The summed E-state index contributed by atoms with van der Waals surface area (Å²) in [6.45, 7) is 7.55. The van der Waals surface area contributed by atoms with Gasteiger partial charge in [0.15, 0.2) is 6.17 Å². The molecule has 0 atom stereocenters.